The number of aryl methyl sites for hydroxylation is 2. The molecule has 0 bridgehead atoms. The Bertz CT molecular complexity index is 442. The van der Waals surface area contributed by atoms with Gasteiger partial charge in [0.1, 0.15) is 0 Å². The first-order valence-electron chi connectivity index (χ1n) is 8.37. The fraction of sp³-hybridized carbons (Fsp3) is 0.812. The quantitative estimate of drug-likeness (QED) is 0.807. The van der Waals surface area contributed by atoms with E-state index >= 15 is 0 Å². The summed E-state index contributed by atoms with van der Waals surface area (Å²) >= 11 is 0. The zero-order valence-corrected chi connectivity index (χ0v) is 13.6. The zero-order chi connectivity index (χ0) is 14.7. The first-order chi connectivity index (χ1) is 10.2. The molecule has 5 heteroatoms. The Kier molecular flexibility index (Phi) is 4.93. The fourth-order valence-electron chi connectivity index (χ4n) is 3.50. The van der Waals surface area contributed by atoms with Gasteiger partial charge in [-0.25, -0.2) is 0 Å². The lowest BCUT2D eigenvalue weighted by atomic mass is 10.2. The van der Waals surface area contributed by atoms with Crippen LogP contribution in [0.3, 0.4) is 0 Å². The van der Waals surface area contributed by atoms with Gasteiger partial charge in [0.15, 0.2) is 0 Å². The molecule has 0 amide bonds. The highest BCUT2D eigenvalue weighted by Crippen LogP contribution is 2.11. The van der Waals surface area contributed by atoms with Gasteiger partial charge in [0.25, 0.3) is 0 Å². The topological polar surface area (TPSA) is 27.5 Å². The molecular weight excluding hydrogens is 262 g/mol. The van der Waals surface area contributed by atoms with E-state index in [0.717, 1.165) is 12.2 Å². The van der Waals surface area contributed by atoms with Gasteiger partial charge in [0.05, 0.1) is 11.4 Å². The number of likely N-dealkylation sites (tertiary alicyclic amines) is 1. The van der Waals surface area contributed by atoms with Gasteiger partial charge in [-0.15, -0.1) is 0 Å². The monoisotopic (exact) mass is 291 g/mol. The lowest BCUT2D eigenvalue weighted by molar-refractivity contribution is 0.116. The molecule has 0 aromatic carbocycles. The number of nitrogens with zero attached hydrogens (tertiary/aromatic N) is 5. The molecule has 0 aliphatic carbocycles. The molecule has 0 atom stereocenters. The third kappa shape index (κ3) is 4.05. The van der Waals surface area contributed by atoms with Gasteiger partial charge in [0, 0.05) is 52.9 Å². The molecule has 2 aliphatic heterocycles. The molecule has 2 aliphatic rings. The van der Waals surface area contributed by atoms with Crippen LogP contribution in [0.1, 0.15) is 24.2 Å². The van der Waals surface area contributed by atoms with Crippen molar-refractivity contribution in [2.45, 2.75) is 26.3 Å². The average Bonchev–Trinajstić information content (AvgIpc) is 3.08. The van der Waals surface area contributed by atoms with Crippen LogP contribution in [0, 0.1) is 6.92 Å². The van der Waals surface area contributed by atoms with Crippen LogP contribution in [-0.2, 0) is 13.6 Å². The number of piperazine rings is 1. The SMILES string of the molecule is Cc1cc(CN2CCN(CCN3CCCC3)CC2)n(C)n1. The standard InChI is InChI=1S/C16H29N5/c1-15-13-16(18(2)17-15)14-21-11-9-20(10-12-21)8-7-19-5-3-4-6-19/h13H,3-12,14H2,1-2H3. The summed E-state index contributed by atoms with van der Waals surface area (Å²) in [5, 5.41) is 4.44. The van der Waals surface area contributed by atoms with E-state index < -0.39 is 0 Å². The molecule has 0 N–H and O–H groups in total. The Morgan fingerprint density at radius 3 is 2.05 bits per heavy atom. The maximum Gasteiger partial charge on any atom is 0.0597 e. The maximum absolute atomic E-state index is 4.44. The van der Waals surface area contributed by atoms with E-state index in [-0.39, 0.29) is 0 Å². The molecule has 3 rings (SSSR count). The zero-order valence-electron chi connectivity index (χ0n) is 13.6. The normalized spacial score (nSPS) is 22.2. The van der Waals surface area contributed by atoms with Crippen molar-refractivity contribution in [2.24, 2.45) is 7.05 Å². The van der Waals surface area contributed by atoms with Crippen LogP contribution in [0.2, 0.25) is 0 Å². The smallest absolute Gasteiger partial charge is 0.0597 e. The maximum atomic E-state index is 4.44. The molecule has 0 spiro atoms. The van der Waals surface area contributed by atoms with Crippen LogP contribution in [0.5, 0.6) is 0 Å². The average molecular weight is 291 g/mol. The van der Waals surface area contributed by atoms with Gasteiger partial charge in [-0.2, -0.15) is 5.10 Å². The van der Waals surface area contributed by atoms with Crippen molar-refractivity contribution >= 4 is 0 Å². The first kappa shape index (κ1) is 15.0. The molecule has 3 heterocycles. The van der Waals surface area contributed by atoms with Crippen molar-refractivity contribution in [3.8, 4) is 0 Å². The van der Waals surface area contributed by atoms with E-state index in [4.69, 9.17) is 0 Å². The van der Waals surface area contributed by atoms with Crippen molar-refractivity contribution < 1.29 is 0 Å². The number of hydrogen-bond donors (Lipinski definition) is 0. The molecule has 1 aromatic rings. The number of aromatic nitrogens is 2. The van der Waals surface area contributed by atoms with Gasteiger partial charge in [-0.1, -0.05) is 0 Å². The van der Waals surface area contributed by atoms with Crippen LogP contribution in [0.4, 0.5) is 0 Å². The number of rotatable bonds is 5. The second kappa shape index (κ2) is 6.90. The summed E-state index contributed by atoms with van der Waals surface area (Å²) in [7, 11) is 2.05. The van der Waals surface area contributed by atoms with E-state index in [2.05, 4.69) is 39.8 Å². The highest BCUT2D eigenvalue weighted by Gasteiger charge is 2.19. The van der Waals surface area contributed by atoms with E-state index in [1.165, 1.54) is 70.9 Å². The molecule has 0 saturated carbocycles. The summed E-state index contributed by atoms with van der Waals surface area (Å²) in [4.78, 5) is 7.80. The Morgan fingerprint density at radius 2 is 1.48 bits per heavy atom. The molecule has 2 saturated heterocycles. The Hall–Kier alpha value is -0.910. The Labute approximate surface area is 128 Å². The summed E-state index contributed by atoms with van der Waals surface area (Å²) in [6.07, 6.45) is 2.80. The van der Waals surface area contributed by atoms with Gasteiger partial charge in [-0.05, 0) is 38.9 Å². The van der Waals surface area contributed by atoms with Crippen molar-refractivity contribution in [1.82, 2.24) is 24.5 Å². The molecule has 118 valence electrons. The van der Waals surface area contributed by atoms with Gasteiger partial charge >= 0.3 is 0 Å². The van der Waals surface area contributed by atoms with Crippen LogP contribution in [0.25, 0.3) is 0 Å². The number of hydrogen-bond acceptors (Lipinski definition) is 4. The third-order valence-electron chi connectivity index (χ3n) is 4.88. The molecule has 0 unspecified atom stereocenters. The van der Waals surface area contributed by atoms with Gasteiger partial charge < -0.3 is 4.90 Å². The van der Waals surface area contributed by atoms with Crippen molar-refractivity contribution in [1.29, 1.82) is 0 Å². The van der Waals surface area contributed by atoms with Crippen LogP contribution in [-0.4, -0.2) is 76.8 Å². The van der Waals surface area contributed by atoms with Crippen molar-refractivity contribution in [2.75, 3.05) is 52.4 Å². The highest BCUT2D eigenvalue weighted by atomic mass is 15.3. The minimum Gasteiger partial charge on any atom is -0.302 e. The van der Waals surface area contributed by atoms with Gasteiger partial charge in [-0.3, -0.25) is 14.5 Å². The van der Waals surface area contributed by atoms with E-state index in [0.29, 0.717) is 0 Å². The lowest BCUT2D eigenvalue weighted by Gasteiger charge is -2.35. The molecule has 5 nitrogen and oxygen atoms in total. The minimum atomic E-state index is 1.04. The largest absolute Gasteiger partial charge is 0.302 e. The first-order valence-corrected chi connectivity index (χ1v) is 8.37. The van der Waals surface area contributed by atoms with Crippen molar-refractivity contribution in [3.05, 3.63) is 17.5 Å². The molecule has 1 aromatic heterocycles. The molecule has 0 radical (unpaired) electrons. The lowest BCUT2D eigenvalue weighted by Crippen LogP contribution is -2.48. The minimum absolute atomic E-state index is 1.04. The second-order valence-electron chi connectivity index (χ2n) is 6.57. The van der Waals surface area contributed by atoms with E-state index in [1.54, 1.807) is 0 Å². The van der Waals surface area contributed by atoms with Crippen LogP contribution in [0.15, 0.2) is 6.07 Å². The molecule has 2 fully saturated rings. The highest BCUT2D eigenvalue weighted by molar-refractivity contribution is 5.08. The van der Waals surface area contributed by atoms with Gasteiger partial charge in [0.2, 0.25) is 0 Å². The molecule has 21 heavy (non-hydrogen) atoms. The third-order valence-corrected chi connectivity index (χ3v) is 4.88. The Morgan fingerprint density at radius 1 is 0.905 bits per heavy atom. The van der Waals surface area contributed by atoms with Crippen LogP contribution >= 0.6 is 0 Å². The predicted octanol–water partition coefficient (Wildman–Crippen LogP) is 0.942. The summed E-state index contributed by atoms with van der Waals surface area (Å²) in [5.41, 5.74) is 2.45. The summed E-state index contributed by atoms with van der Waals surface area (Å²) in [5.74, 6) is 0. The fourth-order valence-corrected chi connectivity index (χ4v) is 3.50. The van der Waals surface area contributed by atoms with E-state index in [1.807, 2.05) is 4.68 Å². The van der Waals surface area contributed by atoms with Crippen LogP contribution < -0.4 is 0 Å². The summed E-state index contributed by atoms with van der Waals surface area (Å²) < 4.78 is 2.02. The molecular formula is C16H29N5. The van der Waals surface area contributed by atoms with E-state index in [9.17, 15) is 0 Å². The summed E-state index contributed by atoms with van der Waals surface area (Å²) in [6.45, 7) is 13.1. The predicted molar refractivity (Wildman–Crippen MR) is 85.3 cm³/mol. The Balaban J connectivity index is 1.39. The van der Waals surface area contributed by atoms with Crippen molar-refractivity contribution in [3.63, 3.8) is 0 Å². The summed E-state index contributed by atoms with van der Waals surface area (Å²) in [6, 6.07) is 2.21. The second-order valence-corrected chi connectivity index (χ2v) is 6.57.